The van der Waals surface area contributed by atoms with Gasteiger partial charge in [0.05, 0.1) is 11.3 Å². The van der Waals surface area contributed by atoms with E-state index in [1.54, 1.807) is 6.07 Å². The molecule has 0 aromatic heterocycles. The summed E-state index contributed by atoms with van der Waals surface area (Å²) < 4.78 is 0. The van der Waals surface area contributed by atoms with Crippen LogP contribution in [0.3, 0.4) is 0 Å². The fourth-order valence-corrected chi connectivity index (χ4v) is 1.94. The van der Waals surface area contributed by atoms with E-state index in [0.717, 1.165) is 17.5 Å². The number of carbonyl (C=O) groups excluding carboxylic acids is 1. The third kappa shape index (κ3) is 1.78. The van der Waals surface area contributed by atoms with Gasteiger partial charge >= 0.3 is 5.97 Å². The zero-order valence-electron chi connectivity index (χ0n) is 9.04. The van der Waals surface area contributed by atoms with Crippen molar-refractivity contribution in [3.8, 4) is 0 Å². The number of rotatable bonds is 2. The van der Waals surface area contributed by atoms with Crippen LogP contribution in [0.4, 0.5) is 5.69 Å². The molecule has 0 aliphatic carbocycles. The predicted molar refractivity (Wildman–Crippen MR) is 59.7 cm³/mol. The minimum atomic E-state index is -0.992. The second kappa shape index (κ2) is 3.96. The van der Waals surface area contributed by atoms with Gasteiger partial charge in [-0.1, -0.05) is 13.0 Å². The number of aryl methyl sites for hydroxylation is 2. The number of amides is 1. The molecule has 4 nitrogen and oxygen atoms in total. The maximum atomic E-state index is 11.3. The van der Waals surface area contributed by atoms with Crippen molar-refractivity contribution in [1.82, 2.24) is 0 Å². The molecule has 2 N–H and O–H groups in total. The number of hydrogen-bond acceptors (Lipinski definition) is 2. The second-order valence-corrected chi connectivity index (χ2v) is 3.88. The van der Waals surface area contributed by atoms with E-state index < -0.39 is 5.97 Å². The van der Waals surface area contributed by atoms with Crippen LogP contribution in [0.2, 0.25) is 0 Å². The molecular weight excluding hydrogens is 206 g/mol. The number of carboxylic acids is 1. The lowest BCUT2D eigenvalue weighted by Crippen LogP contribution is -2.22. The summed E-state index contributed by atoms with van der Waals surface area (Å²) in [5.41, 5.74) is 2.59. The van der Waals surface area contributed by atoms with E-state index in [1.165, 1.54) is 0 Å². The smallest absolute Gasteiger partial charge is 0.337 e. The summed E-state index contributed by atoms with van der Waals surface area (Å²) in [6.45, 7) is 1.98. The Kier molecular flexibility index (Phi) is 2.64. The van der Waals surface area contributed by atoms with Crippen molar-refractivity contribution in [2.24, 2.45) is 0 Å². The lowest BCUT2D eigenvalue weighted by atomic mass is 9.95. The minimum Gasteiger partial charge on any atom is -0.478 e. The molecule has 1 heterocycles. The monoisotopic (exact) mass is 219 g/mol. The summed E-state index contributed by atoms with van der Waals surface area (Å²) in [5.74, 6) is -1.10. The standard InChI is InChI=1S/C12H13NO3/c1-2-7-5-8-3-4-10(14)13-11(8)9(6-7)12(15)16/h5-6H,2-4H2,1H3,(H,13,14)(H,15,16). The molecule has 1 aromatic carbocycles. The van der Waals surface area contributed by atoms with Gasteiger partial charge in [-0.25, -0.2) is 4.79 Å². The molecule has 1 aliphatic rings. The van der Waals surface area contributed by atoms with Gasteiger partial charge in [-0.3, -0.25) is 4.79 Å². The summed E-state index contributed by atoms with van der Waals surface area (Å²) in [6.07, 6.45) is 1.84. The molecule has 4 heteroatoms. The topological polar surface area (TPSA) is 66.4 Å². The Bertz CT molecular complexity index is 466. The lowest BCUT2D eigenvalue weighted by Gasteiger charge is -2.19. The summed E-state index contributed by atoms with van der Waals surface area (Å²) >= 11 is 0. The summed E-state index contributed by atoms with van der Waals surface area (Å²) in [4.78, 5) is 22.3. The highest BCUT2D eigenvalue weighted by Crippen LogP contribution is 2.28. The molecular formula is C12H13NO3. The van der Waals surface area contributed by atoms with E-state index in [4.69, 9.17) is 5.11 Å². The number of aromatic carboxylic acids is 1. The van der Waals surface area contributed by atoms with Crippen LogP contribution in [0.15, 0.2) is 12.1 Å². The molecule has 0 atom stereocenters. The Morgan fingerprint density at radius 3 is 2.81 bits per heavy atom. The predicted octanol–water partition coefficient (Wildman–Crippen LogP) is 1.83. The van der Waals surface area contributed by atoms with Crippen molar-refractivity contribution in [3.63, 3.8) is 0 Å². The van der Waals surface area contributed by atoms with Crippen LogP contribution in [0.25, 0.3) is 0 Å². The van der Waals surface area contributed by atoms with Crippen LogP contribution >= 0.6 is 0 Å². The normalized spacial score (nSPS) is 14.2. The van der Waals surface area contributed by atoms with Crippen molar-refractivity contribution in [2.75, 3.05) is 5.32 Å². The summed E-state index contributed by atoms with van der Waals surface area (Å²) in [6, 6.07) is 3.61. The highest BCUT2D eigenvalue weighted by atomic mass is 16.4. The van der Waals surface area contributed by atoms with Crippen molar-refractivity contribution >= 4 is 17.6 Å². The molecule has 0 unspecified atom stereocenters. The van der Waals surface area contributed by atoms with Crippen molar-refractivity contribution in [2.45, 2.75) is 26.2 Å². The van der Waals surface area contributed by atoms with E-state index in [0.29, 0.717) is 18.5 Å². The van der Waals surface area contributed by atoms with E-state index >= 15 is 0 Å². The van der Waals surface area contributed by atoms with Gasteiger partial charge in [0.15, 0.2) is 0 Å². The minimum absolute atomic E-state index is 0.112. The van der Waals surface area contributed by atoms with Crippen LogP contribution in [-0.2, 0) is 17.6 Å². The Labute approximate surface area is 93.3 Å². The first kappa shape index (κ1) is 10.7. The largest absolute Gasteiger partial charge is 0.478 e. The van der Waals surface area contributed by atoms with Gasteiger partial charge in [0.1, 0.15) is 0 Å². The fourth-order valence-electron chi connectivity index (χ4n) is 1.94. The van der Waals surface area contributed by atoms with Crippen LogP contribution in [0, 0.1) is 0 Å². The molecule has 1 aromatic rings. The Morgan fingerprint density at radius 2 is 2.19 bits per heavy atom. The molecule has 0 saturated heterocycles. The first-order valence-corrected chi connectivity index (χ1v) is 5.30. The van der Waals surface area contributed by atoms with Gasteiger partial charge in [-0.15, -0.1) is 0 Å². The van der Waals surface area contributed by atoms with E-state index in [9.17, 15) is 9.59 Å². The van der Waals surface area contributed by atoms with Gasteiger partial charge in [-0.2, -0.15) is 0 Å². The number of carboxylic acid groups (broad SMARTS) is 1. The third-order valence-corrected chi connectivity index (χ3v) is 2.80. The van der Waals surface area contributed by atoms with E-state index in [-0.39, 0.29) is 11.5 Å². The van der Waals surface area contributed by atoms with Crippen LogP contribution in [0.5, 0.6) is 0 Å². The average molecular weight is 219 g/mol. The number of nitrogens with one attached hydrogen (secondary N) is 1. The Morgan fingerprint density at radius 1 is 1.44 bits per heavy atom. The summed E-state index contributed by atoms with van der Waals surface area (Å²) in [7, 11) is 0. The maximum absolute atomic E-state index is 11.3. The number of carbonyl (C=O) groups is 2. The second-order valence-electron chi connectivity index (χ2n) is 3.88. The Balaban J connectivity index is 2.57. The van der Waals surface area contributed by atoms with Gasteiger partial charge < -0.3 is 10.4 Å². The lowest BCUT2D eigenvalue weighted by molar-refractivity contribution is -0.116. The first-order chi connectivity index (χ1) is 7.61. The fraction of sp³-hybridized carbons (Fsp3) is 0.333. The molecule has 2 rings (SSSR count). The average Bonchev–Trinajstić information content (AvgIpc) is 2.27. The quantitative estimate of drug-likeness (QED) is 0.797. The van der Waals surface area contributed by atoms with Crippen molar-refractivity contribution in [1.29, 1.82) is 0 Å². The van der Waals surface area contributed by atoms with Crippen LogP contribution < -0.4 is 5.32 Å². The number of fused-ring (bicyclic) bond motifs is 1. The molecule has 0 saturated carbocycles. The summed E-state index contributed by atoms with van der Waals surface area (Å²) in [5, 5.41) is 11.7. The highest BCUT2D eigenvalue weighted by molar-refractivity contribution is 6.03. The molecule has 84 valence electrons. The van der Waals surface area contributed by atoms with E-state index in [2.05, 4.69) is 5.32 Å². The molecule has 16 heavy (non-hydrogen) atoms. The SMILES string of the molecule is CCc1cc2c(c(C(=O)O)c1)NC(=O)CC2. The van der Waals surface area contributed by atoms with Crippen LogP contribution in [0.1, 0.15) is 34.8 Å². The van der Waals surface area contributed by atoms with E-state index in [1.807, 2.05) is 13.0 Å². The molecule has 1 aliphatic heterocycles. The number of anilines is 1. The number of hydrogen-bond donors (Lipinski definition) is 2. The molecule has 0 spiro atoms. The molecule has 1 amide bonds. The molecule has 0 bridgehead atoms. The highest BCUT2D eigenvalue weighted by Gasteiger charge is 2.21. The van der Waals surface area contributed by atoms with Gasteiger partial charge in [0.2, 0.25) is 5.91 Å². The van der Waals surface area contributed by atoms with Gasteiger partial charge in [0.25, 0.3) is 0 Å². The van der Waals surface area contributed by atoms with Gasteiger partial charge in [0, 0.05) is 6.42 Å². The van der Waals surface area contributed by atoms with Crippen LogP contribution in [-0.4, -0.2) is 17.0 Å². The van der Waals surface area contributed by atoms with Crippen molar-refractivity contribution < 1.29 is 14.7 Å². The van der Waals surface area contributed by atoms with Gasteiger partial charge in [-0.05, 0) is 30.0 Å². The first-order valence-electron chi connectivity index (χ1n) is 5.30. The molecule has 0 fully saturated rings. The maximum Gasteiger partial charge on any atom is 0.337 e. The zero-order valence-corrected chi connectivity index (χ0v) is 9.04. The number of benzene rings is 1. The third-order valence-electron chi connectivity index (χ3n) is 2.80. The molecule has 0 radical (unpaired) electrons. The zero-order chi connectivity index (χ0) is 11.7. The Hall–Kier alpha value is -1.84. The van der Waals surface area contributed by atoms with Crippen molar-refractivity contribution in [3.05, 3.63) is 28.8 Å².